The second-order valence-electron chi connectivity index (χ2n) is 7.77. The molecule has 5 nitrogen and oxygen atoms in total. The van der Waals surface area contributed by atoms with Gasteiger partial charge in [0.05, 0.1) is 6.10 Å². The van der Waals surface area contributed by atoms with E-state index in [1.165, 1.54) is 38.6 Å². The van der Waals surface area contributed by atoms with Gasteiger partial charge in [-0.15, -0.1) is 0 Å². The maximum absolute atomic E-state index is 12.1. The smallest absolute Gasteiger partial charge is 0.315 e. The van der Waals surface area contributed by atoms with Crippen LogP contribution in [0.4, 0.5) is 4.79 Å². The Kier molecular flexibility index (Phi) is 7.82. The predicted octanol–water partition coefficient (Wildman–Crippen LogP) is 2.74. The Morgan fingerprint density at radius 1 is 1.21 bits per heavy atom. The van der Waals surface area contributed by atoms with Gasteiger partial charge in [0.25, 0.3) is 0 Å². The topological polar surface area (TPSA) is 64.6 Å². The lowest BCUT2D eigenvalue weighted by atomic mass is 9.86. The van der Waals surface area contributed by atoms with Crippen molar-refractivity contribution in [2.24, 2.45) is 11.8 Å². The van der Waals surface area contributed by atoms with Crippen LogP contribution >= 0.6 is 0 Å². The van der Waals surface area contributed by atoms with Gasteiger partial charge in [-0.2, -0.15) is 0 Å². The molecule has 140 valence electrons. The summed E-state index contributed by atoms with van der Waals surface area (Å²) in [7, 11) is 0. The van der Waals surface area contributed by atoms with Crippen molar-refractivity contribution in [1.29, 1.82) is 0 Å². The van der Waals surface area contributed by atoms with Crippen molar-refractivity contribution < 1.29 is 9.90 Å². The quantitative estimate of drug-likeness (QED) is 0.637. The van der Waals surface area contributed by atoms with Gasteiger partial charge >= 0.3 is 6.03 Å². The third kappa shape index (κ3) is 5.35. The molecule has 3 atom stereocenters. The molecule has 5 heteroatoms. The van der Waals surface area contributed by atoms with Crippen molar-refractivity contribution in [1.82, 2.24) is 15.5 Å². The van der Waals surface area contributed by atoms with Crippen molar-refractivity contribution in [3.05, 3.63) is 0 Å². The van der Waals surface area contributed by atoms with Crippen LogP contribution in [-0.2, 0) is 0 Å². The number of piperidine rings is 1. The average molecular weight is 340 g/mol. The number of aliphatic hydroxyl groups is 1. The minimum Gasteiger partial charge on any atom is -0.391 e. The highest BCUT2D eigenvalue weighted by Gasteiger charge is 2.31. The van der Waals surface area contributed by atoms with Gasteiger partial charge in [0.1, 0.15) is 0 Å². The lowest BCUT2D eigenvalue weighted by Gasteiger charge is -2.43. The first-order valence-electron chi connectivity index (χ1n) is 10.0. The first-order chi connectivity index (χ1) is 11.5. The van der Waals surface area contributed by atoms with E-state index in [1.807, 2.05) is 0 Å². The summed E-state index contributed by atoms with van der Waals surface area (Å²) in [6.45, 7) is 8.95. The van der Waals surface area contributed by atoms with E-state index in [2.05, 4.69) is 36.3 Å². The predicted molar refractivity (Wildman–Crippen MR) is 98.0 cm³/mol. The molecule has 1 aliphatic heterocycles. The Bertz CT molecular complexity index is 383. The number of carbonyl (C=O) groups is 1. The highest BCUT2D eigenvalue weighted by atomic mass is 16.3. The summed E-state index contributed by atoms with van der Waals surface area (Å²) in [6.07, 6.45) is 7.94. The van der Waals surface area contributed by atoms with Crippen LogP contribution < -0.4 is 10.6 Å². The summed E-state index contributed by atoms with van der Waals surface area (Å²) >= 11 is 0. The van der Waals surface area contributed by atoms with E-state index in [9.17, 15) is 9.90 Å². The van der Waals surface area contributed by atoms with E-state index in [4.69, 9.17) is 0 Å². The summed E-state index contributed by atoms with van der Waals surface area (Å²) in [5.41, 5.74) is 0. The molecule has 1 saturated carbocycles. The number of hydrogen-bond acceptors (Lipinski definition) is 3. The zero-order valence-electron chi connectivity index (χ0n) is 15.8. The van der Waals surface area contributed by atoms with Crippen LogP contribution in [0.2, 0.25) is 0 Å². The summed E-state index contributed by atoms with van der Waals surface area (Å²) in [6, 6.07) is 0.829. The Labute approximate surface area is 147 Å². The fraction of sp³-hybridized carbons (Fsp3) is 0.947. The van der Waals surface area contributed by atoms with Gasteiger partial charge in [-0.3, -0.25) is 0 Å². The number of amides is 2. The molecule has 2 rings (SSSR count). The summed E-state index contributed by atoms with van der Waals surface area (Å²) < 4.78 is 0. The fourth-order valence-corrected chi connectivity index (χ4v) is 4.10. The Morgan fingerprint density at radius 2 is 1.92 bits per heavy atom. The molecule has 1 aliphatic carbocycles. The zero-order chi connectivity index (χ0) is 17.5. The summed E-state index contributed by atoms with van der Waals surface area (Å²) in [5.74, 6) is 0.797. The first kappa shape index (κ1) is 19.5. The van der Waals surface area contributed by atoms with E-state index in [1.54, 1.807) is 0 Å². The SMILES string of the molecule is CCC(CC)C(O)CNC(=O)NC(C)C1CCCN(C2CCC2)C1. The molecule has 3 N–H and O–H groups in total. The Balaban J connectivity index is 1.70. The van der Waals surface area contributed by atoms with Crippen LogP contribution in [-0.4, -0.2) is 53.9 Å². The Morgan fingerprint density at radius 3 is 2.50 bits per heavy atom. The van der Waals surface area contributed by atoms with Gasteiger partial charge < -0.3 is 20.6 Å². The molecule has 2 aliphatic rings. The fourth-order valence-electron chi connectivity index (χ4n) is 4.10. The lowest BCUT2D eigenvalue weighted by Crippen LogP contribution is -2.52. The van der Waals surface area contributed by atoms with E-state index in [0.29, 0.717) is 12.5 Å². The molecule has 2 amide bonds. The van der Waals surface area contributed by atoms with E-state index < -0.39 is 6.10 Å². The van der Waals surface area contributed by atoms with Crippen LogP contribution in [0, 0.1) is 11.8 Å². The van der Waals surface area contributed by atoms with E-state index >= 15 is 0 Å². The largest absolute Gasteiger partial charge is 0.391 e. The molecule has 2 fully saturated rings. The number of nitrogens with zero attached hydrogens (tertiary/aromatic N) is 1. The second-order valence-corrected chi connectivity index (χ2v) is 7.77. The maximum atomic E-state index is 12.1. The molecule has 24 heavy (non-hydrogen) atoms. The molecule has 0 bridgehead atoms. The molecular formula is C19H37N3O2. The third-order valence-electron chi connectivity index (χ3n) is 6.21. The second kappa shape index (κ2) is 9.62. The van der Waals surface area contributed by atoms with Crippen LogP contribution in [0.25, 0.3) is 0 Å². The average Bonchev–Trinajstić information content (AvgIpc) is 2.52. The molecule has 0 aromatic carbocycles. The van der Waals surface area contributed by atoms with E-state index in [-0.39, 0.29) is 18.0 Å². The number of carbonyl (C=O) groups excluding carboxylic acids is 1. The molecule has 1 heterocycles. The van der Waals surface area contributed by atoms with Gasteiger partial charge in [-0.25, -0.2) is 4.79 Å². The number of likely N-dealkylation sites (tertiary alicyclic amines) is 1. The Hall–Kier alpha value is -0.810. The number of urea groups is 1. The number of aliphatic hydroxyl groups excluding tert-OH is 1. The molecule has 0 aromatic rings. The van der Waals surface area contributed by atoms with Crippen LogP contribution in [0.15, 0.2) is 0 Å². The van der Waals surface area contributed by atoms with Gasteiger partial charge in [0.2, 0.25) is 0 Å². The van der Waals surface area contributed by atoms with Crippen LogP contribution in [0.1, 0.15) is 65.7 Å². The normalized spacial score (nSPS) is 25.1. The van der Waals surface area contributed by atoms with Crippen molar-refractivity contribution >= 4 is 6.03 Å². The van der Waals surface area contributed by atoms with Gasteiger partial charge in [0.15, 0.2) is 0 Å². The molecule has 0 spiro atoms. The maximum Gasteiger partial charge on any atom is 0.315 e. The molecule has 1 saturated heterocycles. The standard InChI is InChI=1S/C19H37N3O2/c1-4-15(5-2)18(23)12-20-19(24)21-14(3)16-8-7-11-22(13-16)17-9-6-10-17/h14-18,23H,4-13H2,1-3H3,(H2,20,21,24). The number of rotatable bonds is 8. The van der Waals surface area contributed by atoms with Crippen molar-refractivity contribution in [3.63, 3.8) is 0 Å². The number of hydrogen-bond donors (Lipinski definition) is 3. The zero-order valence-corrected chi connectivity index (χ0v) is 15.8. The van der Waals surface area contributed by atoms with E-state index in [0.717, 1.165) is 25.4 Å². The third-order valence-corrected chi connectivity index (χ3v) is 6.21. The van der Waals surface area contributed by atoms with Crippen LogP contribution in [0.5, 0.6) is 0 Å². The highest BCUT2D eigenvalue weighted by Crippen LogP contribution is 2.30. The minimum absolute atomic E-state index is 0.145. The van der Waals surface area contributed by atoms with Gasteiger partial charge in [0, 0.05) is 25.2 Å². The van der Waals surface area contributed by atoms with Crippen molar-refractivity contribution in [2.75, 3.05) is 19.6 Å². The van der Waals surface area contributed by atoms with Gasteiger partial charge in [-0.1, -0.05) is 33.1 Å². The summed E-state index contributed by atoms with van der Waals surface area (Å²) in [5, 5.41) is 16.1. The number of nitrogens with one attached hydrogen (secondary N) is 2. The highest BCUT2D eigenvalue weighted by molar-refractivity contribution is 5.74. The first-order valence-corrected chi connectivity index (χ1v) is 10.0. The molecular weight excluding hydrogens is 302 g/mol. The van der Waals surface area contributed by atoms with Gasteiger partial charge in [-0.05, 0) is 51.0 Å². The monoisotopic (exact) mass is 339 g/mol. The van der Waals surface area contributed by atoms with Crippen molar-refractivity contribution in [3.8, 4) is 0 Å². The van der Waals surface area contributed by atoms with Crippen LogP contribution in [0.3, 0.4) is 0 Å². The van der Waals surface area contributed by atoms with Crippen molar-refractivity contribution in [2.45, 2.75) is 83.9 Å². The summed E-state index contributed by atoms with van der Waals surface area (Å²) in [4.78, 5) is 14.8. The molecule has 3 unspecified atom stereocenters. The lowest BCUT2D eigenvalue weighted by molar-refractivity contribution is 0.0675. The minimum atomic E-state index is -0.454. The molecule has 0 aromatic heterocycles. The molecule has 0 radical (unpaired) electrons.